The molecule has 0 saturated heterocycles. The van der Waals surface area contributed by atoms with Crippen molar-refractivity contribution in [1.29, 1.82) is 0 Å². The van der Waals surface area contributed by atoms with Gasteiger partial charge in [0.2, 0.25) is 10.0 Å². The van der Waals surface area contributed by atoms with Crippen LogP contribution in [-0.4, -0.2) is 28.6 Å². The van der Waals surface area contributed by atoms with E-state index < -0.39 is 10.0 Å². The van der Waals surface area contributed by atoms with E-state index in [9.17, 15) is 8.42 Å². The number of sulfonamides is 1. The topological polar surface area (TPSA) is 67.4 Å². The summed E-state index contributed by atoms with van der Waals surface area (Å²) in [6.07, 6.45) is 3.29. The van der Waals surface area contributed by atoms with Gasteiger partial charge in [-0.2, -0.15) is 0 Å². The first-order valence-electron chi connectivity index (χ1n) is 7.44. The Bertz CT molecular complexity index is 568. The van der Waals surface area contributed by atoms with Crippen LogP contribution in [0.2, 0.25) is 0 Å². The van der Waals surface area contributed by atoms with E-state index in [4.69, 9.17) is 4.74 Å². The van der Waals surface area contributed by atoms with Crippen molar-refractivity contribution in [3.63, 3.8) is 0 Å². The first kappa shape index (κ1) is 16.3. The molecule has 0 bridgehead atoms. The fourth-order valence-corrected chi connectivity index (χ4v) is 3.35. The predicted molar refractivity (Wildman–Crippen MR) is 82.9 cm³/mol. The highest BCUT2D eigenvalue weighted by atomic mass is 32.2. The highest BCUT2D eigenvalue weighted by Gasteiger charge is 2.26. The van der Waals surface area contributed by atoms with Crippen LogP contribution < -0.4 is 14.8 Å². The van der Waals surface area contributed by atoms with E-state index in [2.05, 4.69) is 17.0 Å². The van der Waals surface area contributed by atoms with E-state index in [1.54, 1.807) is 12.1 Å². The van der Waals surface area contributed by atoms with Gasteiger partial charge in [0.25, 0.3) is 0 Å². The highest BCUT2D eigenvalue weighted by Crippen LogP contribution is 2.29. The van der Waals surface area contributed by atoms with Crippen molar-refractivity contribution in [1.82, 2.24) is 10.0 Å². The van der Waals surface area contributed by atoms with Gasteiger partial charge in [-0.15, -0.1) is 0 Å². The Morgan fingerprint density at radius 3 is 2.71 bits per heavy atom. The molecule has 1 aromatic rings. The lowest BCUT2D eigenvalue weighted by molar-refractivity contribution is 0.401. The second kappa shape index (κ2) is 7.24. The van der Waals surface area contributed by atoms with Crippen molar-refractivity contribution < 1.29 is 13.2 Å². The molecule has 2 N–H and O–H groups in total. The zero-order valence-corrected chi connectivity index (χ0v) is 13.5. The van der Waals surface area contributed by atoms with Crippen molar-refractivity contribution in [2.45, 2.75) is 37.6 Å². The molecule has 0 amide bonds. The standard InChI is InChI=1S/C15H24N2O3S/c1-3-8-16-10-13-6-7-15(14(9-13)20-2)21(18,19)17-11-12-4-5-12/h6-7,9,12,16-17H,3-5,8,10-11H2,1-2H3. The molecular weight excluding hydrogens is 288 g/mol. The minimum Gasteiger partial charge on any atom is -0.495 e. The molecule has 0 radical (unpaired) electrons. The molecule has 6 heteroatoms. The second-order valence-corrected chi connectivity index (χ2v) is 7.19. The Labute approximate surface area is 127 Å². The summed E-state index contributed by atoms with van der Waals surface area (Å²) in [5.74, 6) is 0.900. The molecule has 0 aromatic heterocycles. The number of hydrogen-bond acceptors (Lipinski definition) is 4. The molecule has 0 aliphatic heterocycles. The molecular formula is C15H24N2O3S. The average Bonchev–Trinajstić information content (AvgIpc) is 3.29. The van der Waals surface area contributed by atoms with Crippen molar-refractivity contribution >= 4 is 10.0 Å². The molecule has 1 aliphatic carbocycles. The lowest BCUT2D eigenvalue weighted by atomic mass is 10.2. The van der Waals surface area contributed by atoms with E-state index in [0.29, 0.717) is 24.8 Å². The molecule has 2 rings (SSSR count). The quantitative estimate of drug-likeness (QED) is 0.683. The van der Waals surface area contributed by atoms with Crippen LogP contribution in [0.5, 0.6) is 5.75 Å². The zero-order chi connectivity index (χ0) is 15.3. The van der Waals surface area contributed by atoms with Crippen LogP contribution in [0.25, 0.3) is 0 Å². The van der Waals surface area contributed by atoms with E-state index in [1.165, 1.54) is 7.11 Å². The number of methoxy groups -OCH3 is 1. The van der Waals surface area contributed by atoms with Crippen LogP contribution in [0.3, 0.4) is 0 Å². The predicted octanol–water partition coefficient (Wildman–Crippen LogP) is 1.88. The lowest BCUT2D eigenvalue weighted by Crippen LogP contribution is -2.26. The van der Waals surface area contributed by atoms with E-state index >= 15 is 0 Å². The first-order chi connectivity index (χ1) is 10.1. The van der Waals surface area contributed by atoms with Crippen molar-refractivity contribution in [2.24, 2.45) is 5.92 Å². The van der Waals surface area contributed by atoms with Gasteiger partial charge in [-0.1, -0.05) is 13.0 Å². The van der Waals surface area contributed by atoms with Crippen LogP contribution >= 0.6 is 0 Å². The minimum atomic E-state index is -3.50. The monoisotopic (exact) mass is 312 g/mol. The van der Waals surface area contributed by atoms with Crippen molar-refractivity contribution in [3.8, 4) is 5.75 Å². The summed E-state index contributed by atoms with van der Waals surface area (Å²) in [7, 11) is -2.00. The van der Waals surface area contributed by atoms with Crippen LogP contribution in [0, 0.1) is 5.92 Å². The zero-order valence-electron chi connectivity index (χ0n) is 12.7. The van der Waals surface area contributed by atoms with Gasteiger partial charge < -0.3 is 10.1 Å². The summed E-state index contributed by atoms with van der Waals surface area (Å²) in [5.41, 5.74) is 1.02. The van der Waals surface area contributed by atoms with Crippen LogP contribution in [-0.2, 0) is 16.6 Å². The maximum Gasteiger partial charge on any atom is 0.244 e. The normalized spacial score (nSPS) is 15.1. The summed E-state index contributed by atoms with van der Waals surface area (Å²) in [4.78, 5) is 0.213. The van der Waals surface area contributed by atoms with Gasteiger partial charge in [-0.25, -0.2) is 13.1 Å². The average molecular weight is 312 g/mol. The summed E-state index contributed by atoms with van der Waals surface area (Å²) >= 11 is 0. The Hall–Kier alpha value is -1.11. The molecule has 0 spiro atoms. The first-order valence-corrected chi connectivity index (χ1v) is 8.92. The van der Waals surface area contributed by atoms with Gasteiger partial charge in [-0.3, -0.25) is 0 Å². The molecule has 0 atom stereocenters. The number of hydrogen-bond donors (Lipinski definition) is 2. The van der Waals surface area contributed by atoms with E-state index in [1.807, 2.05) is 6.07 Å². The Morgan fingerprint density at radius 1 is 1.33 bits per heavy atom. The highest BCUT2D eigenvalue weighted by molar-refractivity contribution is 7.89. The molecule has 1 aliphatic rings. The summed E-state index contributed by atoms with van der Waals surface area (Å²) in [6.45, 7) is 4.27. The largest absolute Gasteiger partial charge is 0.495 e. The molecule has 118 valence electrons. The van der Waals surface area contributed by atoms with Crippen molar-refractivity contribution in [2.75, 3.05) is 20.2 Å². The van der Waals surface area contributed by atoms with Gasteiger partial charge >= 0.3 is 0 Å². The van der Waals surface area contributed by atoms with Gasteiger partial charge in [0.15, 0.2) is 0 Å². The number of ether oxygens (including phenoxy) is 1. The lowest BCUT2D eigenvalue weighted by Gasteiger charge is -2.12. The molecule has 0 heterocycles. The van der Waals surface area contributed by atoms with Crippen LogP contribution in [0.1, 0.15) is 31.7 Å². The van der Waals surface area contributed by atoms with Gasteiger partial charge in [0, 0.05) is 13.1 Å². The smallest absolute Gasteiger partial charge is 0.244 e. The van der Waals surface area contributed by atoms with E-state index in [0.717, 1.165) is 31.4 Å². The van der Waals surface area contributed by atoms with Gasteiger partial charge in [-0.05, 0) is 49.4 Å². The molecule has 5 nitrogen and oxygen atoms in total. The third-order valence-corrected chi connectivity index (χ3v) is 5.00. The van der Waals surface area contributed by atoms with Gasteiger partial charge in [0.1, 0.15) is 10.6 Å². The summed E-state index contributed by atoms with van der Waals surface area (Å²) < 4.78 is 32.5. The third-order valence-electron chi connectivity index (χ3n) is 3.53. The maximum absolute atomic E-state index is 12.3. The number of nitrogens with one attached hydrogen (secondary N) is 2. The molecule has 1 saturated carbocycles. The Kier molecular flexibility index (Phi) is 5.61. The van der Waals surface area contributed by atoms with Gasteiger partial charge in [0.05, 0.1) is 7.11 Å². The molecule has 0 unspecified atom stereocenters. The van der Waals surface area contributed by atoms with E-state index in [-0.39, 0.29) is 4.90 Å². The fourth-order valence-electron chi connectivity index (χ4n) is 2.08. The third kappa shape index (κ3) is 4.69. The fraction of sp³-hybridized carbons (Fsp3) is 0.600. The Morgan fingerprint density at radius 2 is 2.10 bits per heavy atom. The maximum atomic E-state index is 12.3. The number of rotatable bonds is 9. The minimum absolute atomic E-state index is 0.213. The summed E-state index contributed by atoms with van der Waals surface area (Å²) in [5, 5.41) is 3.29. The molecule has 1 fully saturated rings. The second-order valence-electron chi connectivity index (χ2n) is 5.46. The Balaban J connectivity index is 2.10. The summed E-state index contributed by atoms with van der Waals surface area (Å²) in [6, 6.07) is 5.24. The number of benzene rings is 1. The van der Waals surface area contributed by atoms with Crippen LogP contribution in [0.4, 0.5) is 0 Å². The molecule has 21 heavy (non-hydrogen) atoms. The molecule has 1 aromatic carbocycles. The van der Waals surface area contributed by atoms with Crippen LogP contribution in [0.15, 0.2) is 23.1 Å². The van der Waals surface area contributed by atoms with Crippen molar-refractivity contribution in [3.05, 3.63) is 23.8 Å². The SMILES string of the molecule is CCCNCc1ccc(S(=O)(=O)NCC2CC2)c(OC)c1.